The summed E-state index contributed by atoms with van der Waals surface area (Å²) < 4.78 is 5.34. The van der Waals surface area contributed by atoms with E-state index in [0.29, 0.717) is 12.6 Å². The number of ether oxygens (including phenoxy) is 1. The molecule has 0 aliphatic carbocycles. The van der Waals surface area contributed by atoms with Gasteiger partial charge >= 0.3 is 0 Å². The van der Waals surface area contributed by atoms with Gasteiger partial charge in [-0.1, -0.05) is 36.4 Å². The van der Waals surface area contributed by atoms with Gasteiger partial charge in [0.1, 0.15) is 5.82 Å². The lowest BCUT2D eigenvalue weighted by Crippen LogP contribution is -2.16. The van der Waals surface area contributed by atoms with Crippen molar-refractivity contribution in [2.45, 2.75) is 20.5 Å². The molecule has 3 rings (SSSR count). The molecule has 0 unspecified atom stereocenters. The Morgan fingerprint density at radius 3 is 2.35 bits per heavy atom. The smallest absolute Gasteiger partial charge is 0.229 e. The molecule has 0 saturated heterocycles. The topological polar surface area (TPSA) is 50.3 Å². The van der Waals surface area contributed by atoms with E-state index < -0.39 is 0 Å². The van der Waals surface area contributed by atoms with E-state index in [1.165, 1.54) is 0 Å². The minimum atomic E-state index is 0.437. The molecule has 0 aliphatic heterocycles. The number of hydrogen-bond acceptors (Lipinski definition) is 5. The molecule has 1 heterocycles. The highest BCUT2D eigenvalue weighted by Gasteiger charge is 2.16. The molecule has 0 aliphatic rings. The van der Waals surface area contributed by atoms with Crippen LogP contribution in [0.1, 0.15) is 16.8 Å². The summed E-state index contributed by atoms with van der Waals surface area (Å²) in [4.78, 5) is 11.5. The summed E-state index contributed by atoms with van der Waals surface area (Å²) in [6.45, 7) is 4.52. The van der Waals surface area contributed by atoms with Crippen LogP contribution in [0.5, 0.6) is 0 Å². The lowest BCUT2D eigenvalue weighted by molar-refractivity contribution is 0.181. The number of rotatable bonds is 6. The van der Waals surface area contributed by atoms with Gasteiger partial charge in [0.2, 0.25) is 5.95 Å². The van der Waals surface area contributed by atoms with Gasteiger partial charge in [0.15, 0.2) is 0 Å². The van der Waals surface area contributed by atoms with E-state index in [0.717, 1.165) is 34.0 Å². The quantitative estimate of drug-likeness (QED) is 0.696. The van der Waals surface area contributed by atoms with Crippen LogP contribution in [-0.4, -0.2) is 24.1 Å². The second-order valence-electron chi connectivity index (χ2n) is 6.21. The zero-order valence-corrected chi connectivity index (χ0v) is 15.7. The van der Waals surface area contributed by atoms with Crippen LogP contribution in [0.3, 0.4) is 0 Å². The summed E-state index contributed by atoms with van der Waals surface area (Å²) >= 11 is 0. The third-order valence-corrected chi connectivity index (χ3v) is 4.35. The highest BCUT2D eigenvalue weighted by Crippen LogP contribution is 2.28. The van der Waals surface area contributed by atoms with E-state index in [4.69, 9.17) is 9.72 Å². The predicted molar refractivity (Wildman–Crippen MR) is 106 cm³/mol. The van der Waals surface area contributed by atoms with Crippen molar-refractivity contribution in [3.63, 3.8) is 0 Å². The third kappa shape index (κ3) is 3.83. The van der Waals surface area contributed by atoms with E-state index >= 15 is 0 Å². The van der Waals surface area contributed by atoms with Gasteiger partial charge in [-0.05, 0) is 37.6 Å². The van der Waals surface area contributed by atoms with Crippen LogP contribution in [0.4, 0.5) is 23.1 Å². The van der Waals surface area contributed by atoms with Gasteiger partial charge in [-0.3, -0.25) is 0 Å². The number of hydrogen-bond donors (Lipinski definition) is 1. The van der Waals surface area contributed by atoms with Gasteiger partial charge in [-0.15, -0.1) is 0 Å². The SMILES string of the molecule is COCc1nc(Nc2ccccc2C)nc(N(C)c2ccccc2)c1C. The molecule has 134 valence electrons. The molecule has 0 spiro atoms. The second kappa shape index (κ2) is 7.97. The van der Waals surface area contributed by atoms with E-state index in [1.54, 1.807) is 7.11 Å². The number of aromatic nitrogens is 2. The Labute approximate surface area is 154 Å². The molecule has 1 aromatic heterocycles. The number of methoxy groups -OCH3 is 1. The van der Waals surface area contributed by atoms with Crippen LogP contribution >= 0.6 is 0 Å². The summed E-state index contributed by atoms with van der Waals surface area (Å²) in [6.07, 6.45) is 0. The van der Waals surface area contributed by atoms with Crippen molar-refractivity contribution in [1.82, 2.24) is 9.97 Å². The Bertz CT molecular complexity index is 880. The van der Waals surface area contributed by atoms with Crippen LogP contribution in [-0.2, 0) is 11.3 Å². The molecular weight excluding hydrogens is 324 g/mol. The molecule has 0 radical (unpaired) electrons. The van der Waals surface area contributed by atoms with Crippen LogP contribution in [0, 0.1) is 13.8 Å². The van der Waals surface area contributed by atoms with Crippen LogP contribution in [0.2, 0.25) is 0 Å². The van der Waals surface area contributed by atoms with Crippen molar-refractivity contribution in [1.29, 1.82) is 0 Å². The molecular formula is C21H24N4O. The van der Waals surface area contributed by atoms with Gasteiger partial charge in [0.25, 0.3) is 0 Å². The standard InChI is InChI=1S/C21H24N4O/c1-15-10-8-9-13-18(15)22-21-23-19(14-26-4)16(2)20(24-21)25(3)17-11-6-5-7-12-17/h5-13H,14H2,1-4H3,(H,22,23,24). The van der Waals surface area contributed by atoms with Crippen LogP contribution in [0.25, 0.3) is 0 Å². The summed E-state index contributed by atoms with van der Waals surface area (Å²) in [7, 11) is 3.69. The Balaban J connectivity index is 2.03. The van der Waals surface area contributed by atoms with Crippen LogP contribution in [0.15, 0.2) is 54.6 Å². The largest absolute Gasteiger partial charge is 0.378 e. The molecule has 26 heavy (non-hydrogen) atoms. The van der Waals surface area contributed by atoms with Gasteiger partial charge in [-0.2, -0.15) is 4.98 Å². The van der Waals surface area contributed by atoms with Crippen LogP contribution < -0.4 is 10.2 Å². The predicted octanol–water partition coefficient (Wildman–Crippen LogP) is 4.75. The highest BCUT2D eigenvalue weighted by molar-refractivity contribution is 5.66. The van der Waals surface area contributed by atoms with Crippen molar-refractivity contribution < 1.29 is 4.74 Å². The molecule has 5 heteroatoms. The molecule has 5 nitrogen and oxygen atoms in total. The van der Waals surface area contributed by atoms with E-state index in [2.05, 4.69) is 40.3 Å². The number of nitrogens with one attached hydrogen (secondary N) is 1. The molecule has 3 aromatic rings. The average Bonchev–Trinajstić information content (AvgIpc) is 2.66. The Kier molecular flexibility index (Phi) is 5.49. The van der Waals surface area contributed by atoms with Gasteiger partial charge in [0, 0.05) is 31.1 Å². The number of nitrogens with zero attached hydrogens (tertiary/aromatic N) is 3. The van der Waals surface area contributed by atoms with Crippen molar-refractivity contribution in [3.8, 4) is 0 Å². The number of anilines is 4. The normalized spacial score (nSPS) is 10.6. The summed E-state index contributed by atoms with van der Waals surface area (Å²) in [5, 5.41) is 3.34. The molecule has 0 atom stereocenters. The Hall–Kier alpha value is -2.92. The number of benzene rings is 2. The fourth-order valence-electron chi connectivity index (χ4n) is 2.82. The third-order valence-electron chi connectivity index (χ3n) is 4.35. The molecule has 0 bridgehead atoms. The van der Waals surface area contributed by atoms with Crippen molar-refractivity contribution in [3.05, 3.63) is 71.4 Å². The molecule has 0 saturated carbocycles. The van der Waals surface area contributed by atoms with E-state index in [1.807, 2.05) is 50.4 Å². The van der Waals surface area contributed by atoms with E-state index in [9.17, 15) is 0 Å². The maximum atomic E-state index is 5.34. The Morgan fingerprint density at radius 2 is 1.65 bits per heavy atom. The maximum absolute atomic E-state index is 5.34. The molecule has 0 amide bonds. The molecule has 1 N–H and O–H groups in total. The monoisotopic (exact) mass is 348 g/mol. The average molecular weight is 348 g/mol. The fourth-order valence-corrected chi connectivity index (χ4v) is 2.82. The van der Waals surface area contributed by atoms with Crippen molar-refractivity contribution >= 4 is 23.1 Å². The zero-order valence-electron chi connectivity index (χ0n) is 15.7. The first-order valence-corrected chi connectivity index (χ1v) is 8.58. The van der Waals surface area contributed by atoms with Crippen molar-refractivity contribution in [2.24, 2.45) is 0 Å². The first kappa shape index (κ1) is 17.9. The van der Waals surface area contributed by atoms with Gasteiger partial charge < -0.3 is 15.0 Å². The zero-order chi connectivity index (χ0) is 18.5. The second-order valence-corrected chi connectivity index (χ2v) is 6.21. The van der Waals surface area contributed by atoms with E-state index in [-0.39, 0.29) is 0 Å². The number of para-hydroxylation sites is 2. The fraction of sp³-hybridized carbons (Fsp3) is 0.238. The highest BCUT2D eigenvalue weighted by atomic mass is 16.5. The summed E-state index contributed by atoms with van der Waals surface area (Å²) in [6, 6.07) is 18.3. The first-order chi connectivity index (χ1) is 12.6. The number of aryl methyl sites for hydroxylation is 1. The van der Waals surface area contributed by atoms with Crippen molar-refractivity contribution in [2.75, 3.05) is 24.4 Å². The lowest BCUT2D eigenvalue weighted by Gasteiger charge is -2.22. The van der Waals surface area contributed by atoms with Gasteiger partial charge in [-0.25, -0.2) is 4.98 Å². The Morgan fingerprint density at radius 1 is 0.962 bits per heavy atom. The molecule has 2 aromatic carbocycles. The van der Waals surface area contributed by atoms with Gasteiger partial charge in [0.05, 0.1) is 12.3 Å². The summed E-state index contributed by atoms with van der Waals surface area (Å²) in [5.74, 6) is 1.42. The lowest BCUT2D eigenvalue weighted by atomic mass is 10.2. The summed E-state index contributed by atoms with van der Waals surface area (Å²) in [5.41, 5.74) is 5.08. The minimum Gasteiger partial charge on any atom is -0.378 e. The maximum Gasteiger partial charge on any atom is 0.229 e. The molecule has 0 fully saturated rings. The first-order valence-electron chi connectivity index (χ1n) is 8.58. The minimum absolute atomic E-state index is 0.437.